The van der Waals surface area contributed by atoms with Crippen molar-refractivity contribution in [3.05, 3.63) is 5.70 Å². The fourth-order valence-corrected chi connectivity index (χ4v) is 0. The topological polar surface area (TPSA) is 49.9 Å². The van der Waals surface area contributed by atoms with Crippen molar-refractivity contribution in [1.82, 2.24) is 0 Å². The van der Waals surface area contributed by atoms with Gasteiger partial charge in [-0.25, -0.2) is 0 Å². The summed E-state index contributed by atoms with van der Waals surface area (Å²) >= 11 is 0. The van der Waals surface area contributed by atoms with Crippen molar-refractivity contribution in [1.29, 1.82) is 5.41 Å². The van der Waals surface area contributed by atoms with E-state index in [1.165, 1.54) is 0 Å². The van der Waals surface area contributed by atoms with E-state index in [4.69, 9.17) is 11.1 Å². The predicted molar refractivity (Wildman–Crippen MR) is 21.1 cm³/mol. The van der Waals surface area contributed by atoms with E-state index in [9.17, 15) is 0 Å². The van der Waals surface area contributed by atoms with Crippen molar-refractivity contribution >= 4 is 5.87 Å². The van der Waals surface area contributed by atoms with Gasteiger partial charge in [-0.1, -0.05) is 0 Å². The smallest absolute Gasteiger partial charge is 0.0670 e. The van der Waals surface area contributed by atoms with E-state index in [0.29, 0.717) is 5.70 Å². The molecule has 0 aliphatic rings. The van der Waals surface area contributed by atoms with Gasteiger partial charge in [0.05, 0.1) is 5.70 Å². The lowest BCUT2D eigenvalue weighted by Crippen LogP contribution is -1.88. The zero-order valence-corrected chi connectivity index (χ0v) is 3.08. The third-order valence-electron chi connectivity index (χ3n) is 0.197. The molecule has 0 unspecified atom stereocenters. The highest BCUT2D eigenvalue weighted by Crippen LogP contribution is 1.57. The molecule has 0 heterocycles. The molecule has 2 heteroatoms. The highest BCUT2D eigenvalue weighted by molar-refractivity contribution is 5.51. The second-order valence-electron chi connectivity index (χ2n) is 0.808. The van der Waals surface area contributed by atoms with E-state index >= 15 is 0 Å². The summed E-state index contributed by atoms with van der Waals surface area (Å²) in [4.78, 5) is 0. The molecule has 2 nitrogen and oxygen atoms in total. The summed E-state index contributed by atoms with van der Waals surface area (Å²) in [5, 5.41) is 6.25. The molecule has 0 aromatic carbocycles. The molecule has 0 aliphatic heterocycles. The molecule has 0 atom stereocenters. The zero-order valence-electron chi connectivity index (χ0n) is 3.08. The summed E-state index contributed by atoms with van der Waals surface area (Å²) < 4.78 is 0. The maximum Gasteiger partial charge on any atom is 0.0670 e. The van der Waals surface area contributed by atoms with Crippen LogP contribution in [0.25, 0.3) is 0 Å². The van der Waals surface area contributed by atoms with Gasteiger partial charge in [-0.05, 0) is 12.8 Å². The van der Waals surface area contributed by atoms with Gasteiger partial charge < -0.3 is 5.73 Å². The monoisotopic (exact) mass is 70.1 g/mol. The Morgan fingerprint density at radius 2 is 2.20 bits per heavy atom. The van der Waals surface area contributed by atoms with Crippen LogP contribution in [0.1, 0.15) is 6.92 Å². The van der Waals surface area contributed by atoms with Gasteiger partial charge in [-0.2, -0.15) is 0 Å². The molecular formula is C3H6N2. The van der Waals surface area contributed by atoms with Gasteiger partial charge in [-0.15, -0.1) is 0 Å². The van der Waals surface area contributed by atoms with Crippen molar-refractivity contribution in [3.8, 4) is 0 Å². The third-order valence-corrected chi connectivity index (χ3v) is 0.197. The van der Waals surface area contributed by atoms with Gasteiger partial charge in [0, 0.05) is 0 Å². The number of nitrogens with one attached hydrogen (secondary N) is 1. The van der Waals surface area contributed by atoms with Crippen molar-refractivity contribution in [2.24, 2.45) is 5.73 Å². The minimum absolute atomic E-state index is 0.421. The Hall–Kier alpha value is -0.750. The standard InChI is InChI=1S/C3H6N2/c1-3(5)2-4/h4H,5H2,1H3. The van der Waals surface area contributed by atoms with Gasteiger partial charge >= 0.3 is 0 Å². The highest BCUT2D eigenvalue weighted by atomic mass is 14.6. The second-order valence-corrected chi connectivity index (χ2v) is 0.808. The van der Waals surface area contributed by atoms with Crippen LogP contribution in [0, 0.1) is 5.41 Å². The van der Waals surface area contributed by atoms with E-state index in [-0.39, 0.29) is 0 Å². The lowest BCUT2D eigenvalue weighted by Gasteiger charge is -1.68. The maximum atomic E-state index is 6.25. The van der Waals surface area contributed by atoms with Gasteiger partial charge in [0.2, 0.25) is 0 Å². The molecule has 5 heavy (non-hydrogen) atoms. The Morgan fingerprint density at radius 3 is 2.20 bits per heavy atom. The number of allylic oxidation sites excluding steroid dienone is 1. The van der Waals surface area contributed by atoms with Crippen LogP contribution >= 0.6 is 0 Å². The fraction of sp³-hybridized carbons (Fsp3) is 0.333. The van der Waals surface area contributed by atoms with Crippen molar-refractivity contribution in [3.63, 3.8) is 0 Å². The first-order chi connectivity index (χ1) is 2.27. The van der Waals surface area contributed by atoms with Crippen LogP contribution in [0.2, 0.25) is 0 Å². The second kappa shape index (κ2) is 1.56. The van der Waals surface area contributed by atoms with E-state index in [2.05, 4.69) is 0 Å². The fourth-order valence-electron chi connectivity index (χ4n) is 0. The molecule has 0 radical (unpaired) electrons. The molecular weight excluding hydrogens is 64.0 g/mol. The highest BCUT2D eigenvalue weighted by Gasteiger charge is 1.58. The van der Waals surface area contributed by atoms with E-state index < -0.39 is 0 Å². The average Bonchev–Trinajstić information content (AvgIpc) is 1.38. The summed E-state index contributed by atoms with van der Waals surface area (Å²) in [7, 11) is 0. The molecule has 0 aliphatic carbocycles. The molecule has 0 bridgehead atoms. The Morgan fingerprint density at radius 1 is 2.00 bits per heavy atom. The molecule has 0 fully saturated rings. The van der Waals surface area contributed by atoms with E-state index in [1.807, 2.05) is 5.87 Å². The molecule has 0 aromatic heterocycles. The maximum absolute atomic E-state index is 6.25. The summed E-state index contributed by atoms with van der Waals surface area (Å²) in [6.45, 7) is 1.62. The quantitative estimate of drug-likeness (QED) is 0.390. The number of hydrogen-bond donors (Lipinski definition) is 2. The molecule has 0 amide bonds. The molecule has 0 rings (SSSR count). The molecule has 3 N–H and O–H groups in total. The molecule has 0 saturated heterocycles. The van der Waals surface area contributed by atoms with Gasteiger partial charge in [0.15, 0.2) is 0 Å². The Kier molecular flexibility index (Phi) is 1.32. The lowest BCUT2D eigenvalue weighted by molar-refractivity contribution is 1.35. The first-order valence-corrected chi connectivity index (χ1v) is 1.29. The van der Waals surface area contributed by atoms with Gasteiger partial charge in [0.25, 0.3) is 0 Å². The summed E-state index contributed by atoms with van der Waals surface area (Å²) in [5.74, 6) is 1.97. The first kappa shape index (κ1) is 4.25. The number of rotatable bonds is 0. The van der Waals surface area contributed by atoms with Crippen LogP contribution in [-0.2, 0) is 0 Å². The summed E-state index contributed by atoms with van der Waals surface area (Å²) in [6, 6.07) is 0. The van der Waals surface area contributed by atoms with Crippen LogP contribution in [0.5, 0.6) is 0 Å². The summed E-state index contributed by atoms with van der Waals surface area (Å²) in [6.07, 6.45) is 0. The van der Waals surface area contributed by atoms with Crippen LogP contribution < -0.4 is 5.73 Å². The predicted octanol–water partition coefficient (Wildman–Crippen LogP) is 0.0974. The van der Waals surface area contributed by atoms with Crippen LogP contribution in [0.3, 0.4) is 0 Å². The van der Waals surface area contributed by atoms with E-state index in [1.54, 1.807) is 6.92 Å². The van der Waals surface area contributed by atoms with Crippen LogP contribution in [0.4, 0.5) is 0 Å². The zero-order chi connectivity index (χ0) is 4.28. The minimum atomic E-state index is 0.421. The van der Waals surface area contributed by atoms with E-state index in [0.717, 1.165) is 0 Å². The number of hydrogen-bond acceptors (Lipinski definition) is 2. The first-order valence-electron chi connectivity index (χ1n) is 1.29. The molecule has 0 aromatic rings. The molecule has 0 spiro atoms. The average molecular weight is 70.1 g/mol. The van der Waals surface area contributed by atoms with Gasteiger partial charge in [-0.3, -0.25) is 5.41 Å². The Bertz CT molecular complexity index is 65.0. The van der Waals surface area contributed by atoms with Crippen LogP contribution in [0.15, 0.2) is 5.70 Å². The minimum Gasteiger partial charge on any atom is -0.395 e. The normalized spacial score (nSPS) is 5.80. The van der Waals surface area contributed by atoms with Crippen molar-refractivity contribution < 1.29 is 0 Å². The lowest BCUT2D eigenvalue weighted by atomic mass is 10.6. The number of nitrogens with two attached hydrogens (primary N) is 1. The Balaban J connectivity index is 3.60. The SMILES string of the molecule is CC(N)=C=N. The van der Waals surface area contributed by atoms with Crippen molar-refractivity contribution in [2.45, 2.75) is 6.92 Å². The molecule has 28 valence electrons. The van der Waals surface area contributed by atoms with Crippen LogP contribution in [-0.4, -0.2) is 5.87 Å². The largest absolute Gasteiger partial charge is 0.395 e. The summed E-state index contributed by atoms with van der Waals surface area (Å²) in [5.41, 5.74) is 5.33. The molecule has 0 saturated carbocycles. The third kappa shape index (κ3) is 3.25. The van der Waals surface area contributed by atoms with Crippen molar-refractivity contribution in [2.75, 3.05) is 0 Å². The Labute approximate surface area is 30.8 Å². The van der Waals surface area contributed by atoms with Gasteiger partial charge in [0.1, 0.15) is 0 Å².